The molecule has 0 fully saturated rings. The van der Waals surface area contributed by atoms with E-state index in [1.807, 2.05) is 0 Å². The molecular weight excluding hydrogens is 235 g/mol. The molecule has 0 aliphatic carbocycles. The second-order valence-electron chi connectivity index (χ2n) is 0.953. The van der Waals surface area contributed by atoms with Crippen molar-refractivity contribution in [3.05, 3.63) is 0 Å². The first kappa shape index (κ1) is 18.2. The third-order valence-electron chi connectivity index (χ3n) is 0. The zero-order chi connectivity index (χ0) is 10.8. The van der Waals surface area contributed by atoms with E-state index in [2.05, 4.69) is 5.50 Å². The Labute approximate surface area is 69.3 Å². The Morgan fingerprint density at radius 3 is 1.33 bits per heavy atom. The fourth-order valence-corrected chi connectivity index (χ4v) is 0. The molecule has 0 aliphatic heterocycles. The summed E-state index contributed by atoms with van der Waals surface area (Å²) in [7, 11) is -8.10. The van der Waals surface area contributed by atoms with E-state index in [4.69, 9.17) is 38.2 Å². The van der Waals surface area contributed by atoms with E-state index in [1.165, 1.54) is 0 Å². The first-order valence-electron chi connectivity index (χ1n) is 1.87. The van der Waals surface area contributed by atoms with Crippen LogP contribution in [0.15, 0.2) is 0 Å². The SMILES string of the molecule is NP(=O)(O)O.O=PO.O=[PH](O)O. The molecule has 0 spiro atoms. The van der Waals surface area contributed by atoms with Gasteiger partial charge in [-0.25, -0.2) is 14.6 Å². The van der Waals surface area contributed by atoms with Gasteiger partial charge in [0.1, 0.15) is 0 Å². The Kier molecular flexibility index (Phi) is 17.1. The standard InChI is InChI=1S/H4NO3P.H3O3P.HO2P/c1-5(2,3)4;1-4(2)3;1-3-2/h(H4,1,2,3,4);4H,(H2,1,2,3);(H,1,2). The second kappa shape index (κ2) is 11.3. The van der Waals surface area contributed by atoms with Crippen molar-refractivity contribution >= 4 is 24.7 Å². The maximum absolute atomic E-state index is 9.10. The second-order valence-corrected chi connectivity index (χ2v) is 2.86. The maximum Gasteiger partial charge on any atom is 0.397 e. The van der Waals surface area contributed by atoms with Crippen LogP contribution in [-0.4, -0.2) is 24.5 Å². The molecule has 0 heterocycles. The fraction of sp³-hybridized carbons (Fsp3) is 0. The van der Waals surface area contributed by atoms with Gasteiger partial charge in [-0.3, -0.25) is 4.57 Å². The van der Waals surface area contributed by atoms with Gasteiger partial charge < -0.3 is 24.5 Å². The van der Waals surface area contributed by atoms with Crippen LogP contribution in [0.2, 0.25) is 0 Å². The average molecular weight is 243 g/mol. The summed E-state index contributed by atoms with van der Waals surface area (Å²) in [5.41, 5.74) is 4.02. The van der Waals surface area contributed by atoms with E-state index in [0.29, 0.717) is 0 Å². The molecule has 0 aromatic carbocycles. The van der Waals surface area contributed by atoms with Crippen molar-refractivity contribution in [1.29, 1.82) is 0 Å². The molecule has 7 N–H and O–H groups in total. The highest BCUT2D eigenvalue weighted by atomic mass is 31.2. The zero-order valence-electron chi connectivity index (χ0n) is 5.43. The molecular formula is H8NO8P3. The quantitative estimate of drug-likeness (QED) is 0.278. The minimum Gasteiger partial charge on any atom is -0.326 e. The summed E-state index contributed by atoms with van der Waals surface area (Å²) < 4.78 is 26.3. The Balaban J connectivity index is -0.000000105. The highest BCUT2D eigenvalue weighted by Gasteiger charge is 1.96. The summed E-state index contributed by atoms with van der Waals surface area (Å²) in [5, 5.41) is 0. The van der Waals surface area contributed by atoms with Gasteiger partial charge in [0, 0.05) is 0 Å². The zero-order valence-corrected chi connectivity index (χ0v) is 8.22. The van der Waals surface area contributed by atoms with Crippen LogP contribution in [0.4, 0.5) is 0 Å². The molecule has 0 atom stereocenters. The number of hydrogen-bond donors (Lipinski definition) is 6. The first-order valence-corrected chi connectivity index (χ1v) is 5.62. The molecule has 0 radical (unpaired) electrons. The lowest BCUT2D eigenvalue weighted by molar-refractivity contribution is 0.374. The molecule has 0 aliphatic rings. The van der Waals surface area contributed by atoms with Crippen LogP contribution < -0.4 is 5.50 Å². The Hall–Kier alpha value is 0.320. The topological polar surface area (TPSA) is 178 Å². The van der Waals surface area contributed by atoms with Gasteiger partial charge in [-0.2, -0.15) is 0 Å². The first-order chi connectivity index (χ1) is 5.15. The molecule has 12 heteroatoms. The number of hydrogen-bond acceptors (Lipinski definition) is 3. The molecule has 0 aromatic rings. The normalized spacial score (nSPS) is 9.58. The van der Waals surface area contributed by atoms with Gasteiger partial charge in [0.15, 0.2) is 0 Å². The third kappa shape index (κ3) is 8750. The van der Waals surface area contributed by atoms with Crippen LogP contribution in [-0.2, 0) is 13.7 Å². The Morgan fingerprint density at radius 1 is 1.33 bits per heavy atom. The molecule has 0 bridgehead atoms. The monoisotopic (exact) mass is 243 g/mol. The van der Waals surface area contributed by atoms with Gasteiger partial charge in [-0.1, -0.05) is 0 Å². The molecule has 9 nitrogen and oxygen atoms in total. The van der Waals surface area contributed by atoms with Gasteiger partial charge in [0.05, 0.1) is 0 Å². The van der Waals surface area contributed by atoms with Gasteiger partial charge >= 0.3 is 24.7 Å². The van der Waals surface area contributed by atoms with E-state index >= 15 is 0 Å². The van der Waals surface area contributed by atoms with Crippen LogP contribution in [0.1, 0.15) is 0 Å². The smallest absolute Gasteiger partial charge is 0.326 e. The lowest BCUT2D eigenvalue weighted by Crippen LogP contribution is -1.87. The molecule has 76 valence electrons. The van der Waals surface area contributed by atoms with E-state index in [1.54, 1.807) is 0 Å². The Bertz CT molecular complexity index is 145. The van der Waals surface area contributed by atoms with Crippen molar-refractivity contribution in [2.75, 3.05) is 0 Å². The Morgan fingerprint density at radius 2 is 1.33 bits per heavy atom. The summed E-state index contributed by atoms with van der Waals surface area (Å²) in [6.45, 7) is 0. The van der Waals surface area contributed by atoms with Crippen LogP contribution in [0.5, 0.6) is 0 Å². The summed E-state index contributed by atoms with van der Waals surface area (Å²) in [6.07, 6.45) is 0. The van der Waals surface area contributed by atoms with Crippen molar-refractivity contribution < 1.29 is 38.2 Å². The van der Waals surface area contributed by atoms with Crippen molar-refractivity contribution in [1.82, 2.24) is 0 Å². The molecule has 12 heavy (non-hydrogen) atoms. The van der Waals surface area contributed by atoms with Crippen molar-refractivity contribution in [2.24, 2.45) is 5.50 Å². The van der Waals surface area contributed by atoms with E-state index < -0.39 is 24.7 Å². The van der Waals surface area contributed by atoms with Gasteiger partial charge in [0.25, 0.3) is 0 Å². The predicted molar refractivity (Wildman–Crippen MR) is 39.5 cm³/mol. The van der Waals surface area contributed by atoms with Gasteiger partial charge in [-0.05, 0) is 0 Å². The summed E-state index contributed by atoms with van der Waals surface area (Å²) in [4.78, 5) is 36.1. The molecule has 0 aromatic heterocycles. The lowest BCUT2D eigenvalue weighted by Gasteiger charge is -1.84. The summed E-state index contributed by atoms with van der Waals surface area (Å²) in [5.74, 6) is 0. The van der Waals surface area contributed by atoms with Crippen LogP contribution in [0.3, 0.4) is 0 Å². The van der Waals surface area contributed by atoms with Crippen LogP contribution >= 0.6 is 24.7 Å². The summed E-state index contributed by atoms with van der Waals surface area (Å²) in [6, 6.07) is 0. The van der Waals surface area contributed by atoms with Crippen LogP contribution in [0.25, 0.3) is 0 Å². The van der Waals surface area contributed by atoms with E-state index in [0.717, 1.165) is 0 Å². The minimum atomic E-state index is -4.14. The molecule has 0 saturated carbocycles. The van der Waals surface area contributed by atoms with Gasteiger partial charge in [0.2, 0.25) is 0 Å². The molecule has 0 saturated heterocycles. The largest absolute Gasteiger partial charge is 0.397 e. The minimum absolute atomic E-state index is 0.833. The fourth-order valence-electron chi connectivity index (χ4n) is 0. The lowest BCUT2D eigenvalue weighted by atomic mass is 13.9. The highest BCUT2D eigenvalue weighted by molar-refractivity contribution is 7.49. The van der Waals surface area contributed by atoms with Crippen molar-refractivity contribution in [2.45, 2.75) is 0 Å². The highest BCUT2D eigenvalue weighted by Crippen LogP contribution is 2.20. The average Bonchev–Trinajstić information content (AvgIpc) is 1.56. The predicted octanol–water partition coefficient (Wildman–Crippen LogP) is -1.42. The van der Waals surface area contributed by atoms with Crippen molar-refractivity contribution in [3.63, 3.8) is 0 Å². The molecule has 0 rings (SSSR count). The van der Waals surface area contributed by atoms with Crippen LogP contribution in [0, 0.1) is 0 Å². The third-order valence-corrected chi connectivity index (χ3v) is 0. The number of nitrogens with two attached hydrogens (primary N) is 1. The van der Waals surface area contributed by atoms with Crippen molar-refractivity contribution in [3.8, 4) is 0 Å². The van der Waals surface area contributed by atoms with E-state index in [9.17, 15) is 0 Å². The summed E-state index contributed by atoms with van der Waals surface area (Å²) >= 11 is 0. The van der Waals surface area contributed by atoms with E-state index in [-0.39, 0.29) is 0 Å². The molecule has 0 amide bonds. The number of rotatable bonds is 0. The maximum atomic E-state index is 9.10. The van der Waals surface area contributed by atoms with Gasteiger partial charge in [-0.15, -0.1) is 0 Å². The molecule has 0 unspecified atom stereocenters.